The highest BCUT2D eigenvalue weighted by molar-refractivity contribution is 9.10. The molecule has 0 atom stereocenters. The fourth-order valence-corrected chi connectivity index (χ4v) is 3.12. The Morgan fingerprint density at radius 2 is 2.06 bits per heavy atom. The molecule has 0 aromatic heterocycles. The van der Waals surface area contributed by atoms with E-state index in [1.165, 1.54) is 18.9 Å². The van der Waals surface area contributed by atoms with Crippen molar-refractivity contribution in [3.05, 3.63) is 34.1 Å². The van der Waals surface area contributed by atoms with E-state index in [9.17, 15) is 4.39 Å². The number of hydrogen-bond donors (Lipinski definition) is 0. The van der Waals surface area contributed by atoms with Gasteiger partial charge in [0, 0.05) is 17.1 Å². The molecule has 0 N–H and O–H groups in total. The van der Waals surface area contributed by atoms with Crippen molar-refractivity contribution in [1.29, 1.82) is 5.26 Å². The third-order valence-electron chi connectivity index (χ3n) is 3.42. The van der Waals surface area contributed by atoms with Gasteiger partial charge in [-0.3, -0.25) is 4.90 Å². The molecular formula is C14H16BrFN2. The van der Waals surface area contributed by atoms with Crippen molar-refractivity contribution >= 4 is 15.9 Å². The van der Waals surface area contributed by atoms with Crippen LogP contribution < -0.4 is 0 Å². The Morgan fingerprint density at radius 3 is 2.67 bits per heavy atom. The third kappa shape index (κ3) is 3.54. The number of hydrogen-bond acceptors (Lipinski definition) is 2. The summed E-state index contributed by atoms with van der Waals surface area (Å²) in [7, 11) is 0. The highest BCUT2D eigenvalue weighted by Gasteiger charge is 2.22. The van der Waals surface area contributed by atoms with Gasteiger partial charge in [0.05, 0.1) is 12.6 Å². The van der Waals surface area contributed by atoms with E-state index in [1.54, 1.807) is 6.07 Å². The Morgan fingerprint density at radius 1 is 1.33 bits per heavy atom. The molecule has 4 heteroatoms. The van der Waals surface area contributed by atoms with Gasteiger partial charge in [0.1, 0.15) is 5.82 Å². The van der Waals surface area contributed by atoms with Gasteiger partial charge in [-0.05, 0) is 36.6 Å². The number of benzene rings is 1. The van der Waals surface area contributed by atoms with E-state index < -0.39 is 0 Å². The topological polar surface area (TPSA) is 27.0 Å². The molecule has 0 aliphatic heterocycles. The SMILES string of the molecule is N#CCN(Cc1cc(F)cc(Br)c1)C1CCCC1. The van der Waals surface area contributed by atoms with Crippen LogP contribution in [0.15, 0.2) is 22.7 Å². The molecule has 1 saturated carbocycles. The Balaban J connectivity index is 2.10. The third-order valence-corrected chi connectivity index (χ3v) is 3.88. The van der Waals surface area contributed by atoms with E-state index in [0.29, 0.717) is 19.1 Å². The predicted molar refractivity (Wildman–Crippen MR) is 72.4 cm³/mol. The van der Waals surface area contributed by atoms with Crippen LogP contribution in [0, 0.1) is 17.1 Å². The summed E-state index contributed by atoms with van der Waals surface area (Å²) in [4.78, 5) is 2.16. The molecule has 18 heavy (non-hydrogen) atoms. The lowest BCUT2D eigenvalue weighted by Gasteiger charge is -2.26. The maximum Gasteiger partial charge on any atom is 0.124 e. The van der Waals surface area contributed by atoms with Crippen molar-refractivity contribution in [2.75, 3.05) is 6.54 Å². The first kappa shape index (κ1) is 13.5. The van der Waals surface area contributed by atoms with E-state index >= 15 is 0 Å². The highest BCUT2D eigenvalue weighted by atomic mass is 79.9. The number of nitriles is 1. The minimum atomic E-state index is -0.234. The van der Waals surface area contributed by atoms with Gasteiger partial charge in [0.25, 0.3) is 0 Å². The van der Waals surface area contributed by atoms with Gasteiger partial charge in [-0.1, -0.05) is 28.8 Å². The molecule has 1 aromatic carbocycles. The molecule has 96 valence electrons. The molecule has 0 radical (unpaired) electrons. The van der Waals surface area contributed by atoms with Crippen LogP contribution in [0.25, 0.3) is 0 Å². The second-order valence-electron chi connectivity index (χ2n) is 4.78. The van der Waals surface area contributed by atoms with Gasteiger partial charge in [-0.2, -0.15) is 5.26 Å². The molecule has 1 aromatic rings. The van der Waals surface area contributed by atoms with Crippen molar-refractivity contribution < 1.29 is 4.39 Å². The number of nitrogens with zero attached hydrogens (tertiary/aromatic N) is 2. The van der Waals surface area contributed by atoms with Gasteiger partial charge < -0.3 is 0 Å². The summed E-state index contributed by atoms with van der Waals surface area (Å²) in [5.41, 5.74) is 0.920. The normalized spacial score (nSPS) is 16.1. The monoisotopic (exact) mass is 310 g/mol. The zero-order valence-corrected chi connectivity index (χ0v) is 11.8. The first-order valence-corrected chi connectivity index (χ1v) is 7.04. The molecular weight excluding hydrogens is 295 g/mol. The second-order valence-corrected chi connectivity index (χ2v) is 5.69. The van der Waals surface area contributed by atoms with E-state index in [1.807, 2.05) is 6.07 Å². The molecule has 0 unspecified atom stereocenters. The van der Waals surface area contributed by atoms with Crippen LogP contribution in [0.1, 0.15) is 31.2 Å². The second kappa shape index (κ2) is 6.31. The van der Waals surface area contributed by atoms with Gasteiger partial charge in [-0.25, -0.2) is 4.39 Å². The van der Waals surface area contributed by atoms with Crippen molar-refractivity contribution in [3.8, 4) is 6.07 Å². The van der Waals surface area contributed by atoms with E-state index in [2.05, 4.69) is 26.9 Å². The van der Waals surface area contributed by atoms with Crippen LogP contribution >= 0.6 is 15.9 Å². The lowest BCUT2D eigenvalue weighted by molar-refractivity contribution is 0.214. The fourth-order valence-electron chi connectivity index (χ4n) is 2.61. The van der Waals surface area contributed by atoms with Gasteiger partial charge in [0.2, 0.25) is 0 Å². The average Bonchev–Trinajstić information content (AvgIpc) is 2.80. The summed E-state index contributed by atoms with van der Waals surface area (Å²) in [5, 5.41) is 8.91. The molecule has 0 amide bonds. The molecule has 0 heterocycles. The molecule has 2 rings (SSSR count). The molecule has 1 aliphatic carbocycles. The summed E-state index contributed by atoms with van der Waals surface area (Å²) in [6, 6.07) is 7.61. The van der Waals surface area contributed by atoms with Crippen molar-refractivity contribution in [2.24, 2.45) is 0 Å². The van der Waals surface area contributed by atoms with Crippen molar-refractivity contribution in [3.63, 3.8) is 0 Å². The lowest BCUT2D eigenvalue weighted by Crippen LogP contribution is -2.33. The summed E-state index contributed by atoms with van der Waals surface area (Å²) in [6.45, 7) is 1.06. The highest BCUT2D eigenvalue weighted by Crippen LogP contribution is 2.25. The van der Waals surface area contributed by atoms with E-state index in [4.69, 9.17) is 5.26 Å². The van der Waals surface area contributed by atoms with Crippen molar-refractivity contribution in [1.82, 2.24) is 4.90 Å². The molecule has 2 nitrogen and oxygen atoms in total. The summed E-state index contributed by atoms with van der Waals surface area (Å²) in [6.07, 6.45) is 4.77. The summed E-state index contributed by atoms with van der Waals surface area (Å²) >= 11 is 3.30. The Labute approximate surface area is 116 Å². The minimum Gasteiger partial charge on any atom is -0.283 e. The smallest absolute Gasteiger partial charge is 0.124 e. The maximum absolute atomic E-state index is 13.3. The molecule has 0 bridgehead atoms. The first-order valence-electron chi connectivity index (χ1n) is 6.25. The van der Waals surface area contributed by atoms with Gasteiger partial charge in [0.15, 0.2) is 0 Å². The summed E-state index contributed by atoms with van der Waals surface area (Å²) < 4.78 is 14.1. The standard InChI is InChI=1S/C14H16BrFN2/c15-12-7-11(8-13(16)9-12)10-18(6-5-17)14-3-1-2-4-14/h7-9,14H,1-4,6,10H2. The van der Waals surface area contributed by atoms with Gasteiger partial charge >= 0.3 is 0 Å². The number of halogens is 2. The quantitative estimate of drug-likeness (QED) is 0.790. The fraction of sp³-hybridized carbons (Fsp3) is 0.500. The van der Waals surface area contributed by atoms with Crippen LogP contribution in [0.3, 0.4) is 0 Å². The Hall–Kier alpha value is -0.920. The average molecular weight is 311 g/mol. The molecule has 1 aliphatic rings. The van der Waals surface area contributed by atoms with Crippen LogP contribution in [0.2, 0.25) is 0 Å². The predicted octanol–water partition coefficient (Wildman–Crippen LogP) is 3.86. The van der Waals surface area contributed by atoms with Crippen LogP contribution in [-0.2, 0) is 6.54 Å². The Kier molecular flexibility index (Phi) is 4.73. The summed E-state index contributed by atoms with van der Waals surface area (Å²) in [5.74, 6) is -0.234. The minimum absolute atomic E-state index is 0.234. The number of rotatable bonds is 4. The van der Waals surface area contributed by atoms with Crippen LogP contribution in [0.4, 0.5) is 4.39 Å². The zero-order valence-electron chi connectivity index (χ0n) is 10.2. The Bertz CT molecular complexity index is 429. The van der Waals surface area contributed by atoms with Crippen LogP contribution in [0.5, 0.6) is 0 Å². The van der Waals surface area contributed by atoms with E-state index in [0.717, 1.165) is 22.9 Å². The van der Waals surface area contributed by atoms with Gasteiger partial charge in [-0.15, -0.1) is 0 Å². The maximum atomic E-state index is 13.3. The van der Waals surface area contributed by atoms with Crippen LogP contribution in [-0.4, -0.2) is 17.5 Å². The largest absolute Gasteiger partial charge is 0.283 e. The lowest BCUT2D eigenvalue weighted by atomic mass is 10.1. The molecule has 1 fully saturated rings. The zero-order chi connectivity index (χ0) is 13.0. The van der Waals surface area contributed by atoms with E-state index in [-0.39, 0.29) is 5.82 Å². The van der Waals surface area contributed by atoms with Crippen molar-refractivity contribution in [2.45, 2.75) is 38.3 Å². The first-order chi connectivity index (χ1) is 8.69. The molecule has 0 saturated heterocycles. The molecule has 0 spiro atoms.